The maximum Gasteiger partial charge on any atom is 0.261 e. The van der Waals surface area contributed by atoms with Gasteiger partial charge in [0, 0.05) is 6.26 Å². The molecule has 1 N–H and O–H groups in total. The predicted molar refractivity (Wildman–Crippen MR) is 109 cm³/mol. The fourth-order valence-electron chi connectivity index (χ4n) is 2.62. The molecule has 0 radical (unpaired) electrons. The molecule has 27 heavy (non-hydrogen) atoms. The number of sulfonamides is 1. The van der Waals surface area contributed by atoms with E-state index in [4.69, 9.17) is 0 Å². The number of fused-ring (bicyclic) bond motifs is 1. The number of nitrogens with zero attached hydrogens (tertiary/aromatic N) is 1. The van der Waals surface area contributed by atoms with E-state index in [0.29, 0.717) is 21.8 Å². The first-order valence-electron chi connectivity index (χ1n) is 8.27. The van der Waals surface area contributed by atoms with Crippen molar-refractivity contribution < 1.29 is 16.8 Å². The highest BCUT2D eigenvalue weighted by Gasteiger charge is 2.17. The van der Waals surface area contributed by atoms with E-state index in [2.05, 4.69) is 23.6 Å². The molecule has 0 saturated heterocycles. The second-order valence-electron chi connectivity index (χ2n) is 6.78. The van der Waals surface area contributed by atoms with Gasteiger partial charge in [0.25, 0.3) is 10.0 Å². The molecule has 0 aliphatic carbocycles. The second kappa shape index (κ2) is 7.21. The monoisotopic (exact) mass is 424 g/mol. The molecule has 9 heteroatoms. The molecule has 2 aromatic carbocycles. The van der Waals surface area contributed by atoms with Crippen LogP contribution in [0.1, 0.15) is 19.4 Å². The molecule has 0 aliphatic heterocycles. The lowest BCUT2D eigenvalue weighted by atomic mass is 10.0. The maximum absolute atomic E-state index is 12.6. The zero-order chi connectivity index (χ0) is 19.8. The Kier molecular flexibility index (Phi) is 5.29. The molecule has 6 nitrogen and oxygen atoms in total. The summed E-state index contributed by atoms with van der Waals surface area (Å²) in [6.07, 6.45) is 1.98. The average Bonchev–Trinajstić information content (AvgIpc) is 2.98. The van der Waals surface area contributed by atoms with Crippen LogP contribution in [0.4, 0.5) is 5.69 Å². The van der Waals surface area contributed by atoms with Gasteiger partial charge in [0.2, 0.25) is 14.2 Å². The molecule has 0 unspecified atom stereocenters. The summed E-state index contributed by atoms with van der Waals surface area (Å²) in [6, 6.07) is 11.6. The lowest BCUT2D eigenvalue weighted by Gasteiger charge is -2.09. The Morgan fingerprint density at radius 2 is 1.70 bits per heavy atom. The Morgan fingerprint density at radius 3 is 2.30 bits per heavy atom. The highest BCUT2D eigenvalue weighted by Crippen LogP contribution is 2.29. The van der Waals surface area contributed by atoms with Crippen molar-refractivity contribution in [2.45, 2.75) is 29.5 Å². The van der Waals surface area contributed by atoms with E-state index in [1.807, 2.05) is 12.1 Å². The normalized spacial score (nSPS) is 12.6. The number of benzene rings is 2. The number of hydrogen-bond acceptors (Lipinski definition) is 6. The van der Waals surface area contributed by atoms with Crippen LogP contribution in [0.5, 0.6) is 0 Å². The molecular formula is C18H20N2O4S3. The minimum absolute atomic E-state index is 0.0123. The lowest BCUT2D eigenvalue weighted by molar-refractivity contribution is 0.599. The van der Waals surface area contributed by atoms with Crippen LogP contribution in [0.3, 0.4) is 0 Å². The number of hydrogen-bond donors (Lipinski definition) is 1. The van der Waals surface area contributed by atoms with E-state index in [9.17, 15) is 16.8 Å². The topological polar surface area (TPSA) is 93.2 Å². The average molecular weight is 425 g/mol. The van der Waals surface area contributed by atoms with Gasteiger partial charge in [-0.1, -0.05) is 26.0 Å². The van der Waals surface area contributed by atoms with Gasteiger partial charge in [0.05, 0.1) is 20.8 Å². The molecule has 1 heterocycles. The van der Waals surface area contributed by atoms with Gasteiger partial charge in [-0.2, -0.15) is 0 Å². The molecule has 3 rings (SSSR count). The van der Waals surface area contributed by atoms with Gasteiger partial charge in [0.1, 0.15) is 0 Å². The highest BCUT2D eigenvalue weighted by atomic mass is 32.2. The van der Waals surface area contributed by atoms with E-state index in [-0.39, 0.29) is 9.24 Å². The van der Waals surface area contributed by atoms with Crippen molar-refractivity contribution in [1.29, 1.82) is 0 Å². The van der Waals surface area contributed by atoms with Crippen molar-refractivity contribution in [2.75, 3.05) is 11.0 Å². The summed E-state index contributed by atoms with van der Waals surface area (Å²) in [6.45, 7) is 4.22. The fourth-order valence-corrected chi connectivity index (χ4v) is 5.54. The summed E-state index contributed by atoms with van der Waals surface area (Å²) < 4.78 is 51.6. The first-order chi connectivity index (χ1) is 12.5. The van der Waals surface area contributed by atoms with Crippen LogP contribution in [0.25, 0.3) is 10.2 Å². The van der Waals surface area contributed by atoms with Crippen molar-refractivity contribution in [3.63, 3.8) is 0 Å². The Hall–Kier alpha value is -1.97. The largest absolute Gasteiger partial charge is 0.280 e. The SMILES string of the molecule is CC(C)Cc1ccc(S(=O)(=O)Nc2ccc3nc(S(C)(=O)=O)sc3c2)cc1. The standard InChI is InChI=1S/C18H20N2O4S3/c1-12(2)10-13-4-7-15(8-5-13)27(23,24)20-14-6-9-16-17(11-14)25-18(19-16)26(3,21)22/h4-9,11-12,20H,10H2,1-3H3. The quantitative estimate of drug-likeness (QED) is 0.651. The summed E-state index contributed by atoms with van der Waals surface area (Å²) in [7, 11) is -7.13. The smallest absolute Gasteiger partial charge is 0.261 e. The molecular weight excluding hydrogens is 404 g/mol. The maximum atomic E-state index is 12.6. The predicted octanol–water partition coefficient (Wildman–Crippen LogP) is 3.70. The number of rotatable bonds is 6. The van der Waals surface area contributed by atoms with Crippen molar-refractivity contribution >= 4 is 47.1 Å². The minimum atomic E-state index is -3.73. The summed E-state index contributed by atoms with van der Waals surface area (Å²) in [5.41, 5.74) is 1.96. The van der Waals surface area contributed by atoms with Crippen molar-refractivity contribution in [3.05, 3.63) is 48.0 Å². The van der Waals surface area contributed by atoms with Crippen molar-refractivity contribution in [2.24, 2.45) is 5.92 Å². The van der Waals surface area contributed by atoms with Crippen molar-refractivity contribution in [1.82, 2.24) is 4.98 Å². The van der Waals surface area contributed by atoms with Crippen LogP contribution in [0.2, 0.25) is 0 Å². The Morgan fingerprint density at radius 1 is 1.04 bits per heavy atom. The van der Waals surface area contributed by atoms with E-state index >= 15 is 0 Å². The van der Waals surface area contributed by atoms with Gasteiger partial charge < -0.3 is 0 Å². The molecule has 1 aromatic heterocycles. The van der Waals surface area contributed by atoms with Crippen molar-refractivity contribution in [3.8, 4) is 0 Å². The van der Waals surface area contributed by atoms with Crippen LogP contribution in [-0.4, -0.2) is 28.1 Å². The molecule has 0 amide bonds. The minimum Gasteiger partial charge on any atom is -0.280 e. The van der Waals surface area contributed by atoms with E-state index in [0.717, 1.165) is 29.6 Å². The van der Waals surface area contributed by atoms with Gasteiger partial charge in [-0.15, -0.1) is 11.3 Å². The van der Waals surface area contributed by atoms with Crippen LogP contribution >= 0.6 is 11.3 Å². The Bertz CT molecular complexity index is 1180. The second-order valence-corrected chi connectivity index (χ2v) is 11.7. The Balaban J connectivity index is 1.86. The zero-order valence-corrected chi connectivity index (χ0v) is 17.6. The number of aromatic nitrogens is 1. The molecule has 0 aliphatic rings. The van der Waals surface area contributed by atoms with Crippen LogP contribution in [0.15, 0.2) is 51.7 Å². The van der Waals surface area contributed by atoms with E-state index in [1.165, 1.54) is 0 Å². The summed E-state index contributed by atoms with van der Waals surface area (Å²) >= 11 is 1.01. The summed E-state index contributed by atoms with van der Waals surface area (Å²) in [4.78, 5) is 4.24. The lowest BCUT2D eigenvalue weighted by Crippen LogP contribution is -2.12. The number of thiazole rings is 1. The van der Waals surface area contributed by atoms with Gasteiger partial charge in [-0.3, -0.25) is 4.72 Å². The third-order valence-electron chi connectivity index (χ3n) is 3.82. The van der Waals surface area contributed by atoms with Gasteiger partial charge in [0.15, 0.2) is 0 Å². The van der Waals surface area contributed by atoms with E-state index in [1.54, 1.807) is 30.3 Å². The number of anilines is 1. The highest BCUT2D eigenvalue weighted by molar-refractivity contribution is 7.93. The number of nitrogens with one attached hydrogen (secondary N) is 1. The molecule has 0 spiro atoms. The molecule has 0 bridgehead atoms. The van der Waals surface area contributed by atoms with Crippen LogP contribution < -0.4 is 4.72 Å². The molecule has 3 aromatic rings. The molecule has 0 saturated carbocycles. The van der Waals surface area contributed by atoms with Gasteiger partial charge in [-0.25, -0.2) is 21.8 Å². The zero-order valence-electron chi connectivity index (χ0n) is 15.1. The van der Waals surface area contributed by atoms with E-state index < -0.39 is 19.9 Å². The van der Waals surface area contributed by atoms with Crippen LogP contribution in [0, 0.1) is 5.92 Å². The number of sulfone groups is 1. The molecule has 0 fully saturated rings. The van der Waals surface area contributed by atoms with Gasteiger partial charge in [-0.05, 0) is 48.2 Å². The van der Waals surface area contributed by atoms with Gasteiger partial charge >= 0.3 is 0 Å². The fraction of sp³-hybridized carbons (Fsp3) is 0.278. The third kappa shape index (κ3) is 4.66. The first-order valence-corrected chi connectivity index (χ1v) is 12.5. The first kappa shape index (κ1) is 19.8. The summed E-state index contributed by atoms with van der Waals surface area (Å²) in [5.74, 6) is 0.494. The molecule has 144 valence electrons. The Labute approximate surface area is 163 Å². The third-order valence-corrected chi connectivity index (χ3v) is 7.91. The molecule has 0 atom stereocenters. The summed E-state index contributed by atoms with van der Waals surface area (Å²) in [5, 5.41) is 0. The van der Waals surface area contributed by atoms with Crippen LogP contribution in [-0.2, 0) is 26.3 Å².